The van der Waals surface area contributed by atoms with Gasteiger partial charge < -0.3 is 10.1 Å². The van der Waals surface area contributed by atoms with Gasteiger partial charge >= 0.3 is 0 Å². The Labute approximate surface area is 98.3 Å². The number of rotatable bonds is 6. The SMILES string of the molecule is C=CCCC(C)Nc1ccc(C)cc1OC. The van der Waals surface area contributed by atoms with E-state index in [1.165, 1.54) is 5.56 Å². The smallest absolute Gasteiger partial charge is 0.142 e. The molecule has 0 aromatic heterocycles. The van der Waals surface area contributed by atoms with E-state index in [4.69, 9.17) is 4.74 Å². The molecule has 1 N–H and O–H groups in total. The van der Waals surface area contributed by atoms with Crippen LogP contribution < -0.4 is 10.1 Å². The number of aryl methyl sites for hydroxylation is 1. The Morgan fingerprint density at radius 2 is 2.25 bits per heavy atom. The Kier molecular flexibility index (Phi) is 4.90. The zero-order valence-corrected chi connectivity index (χ0v) is 10.4. The average molecular weight is 219 g/mol. The molecule has 0 saturated heterocycles. The predicted octanol–water partition coefficient (Wildman–Crippen LogP) is 3.77. The number of ether oxygens (including phenoxy) is 1. The van der Waals surface area contributed by atoms with Crippen LogP contribution in [0.15, 0.2) is 30.9 Å². The Hall–Kier alpha value is -1.44. The Morgan fingerprint density at radius 1 is 1.50 bits per heavy atom. The fourth-order valence-electron chi connectivity index (χ4n) is 1.62. The maximum atomic E-state index is 5.35. The number of nitrogens with one attached hydrogen (secondary N) is 1. The van der Waals surface area contributed by atoms with Crippen molar-refractivity contribution in [3.05, 3.63) is 36.4 Å². The Balaban J connectivity index is 2.68. The summed E-state index contributed by atoms with van der Waals surface area (Å²) in [6.07, 6.45) is 4.06. The second-order valence-corrected chi connectivity index (χ2v) is 4.12. The summed E-state index contributed by atoms with van der Waals surface area (Å²) >= 11 is 0. The number of methoxy groups -OCH3 is 1. The topological polar surface area (TPSA) is 21.3 Å². The van der Waals surface area contributed by atoms with Crippen molar-refractivity contribution in [2.24, 2.45) is 0 Å². The minimum Gasteiger partial charge on any atom is -0.495 e. The van der Waals surface area contributed by atoms with E-state index in [0.717, 1.165) is 24.3 Å². The molecule has 0 saturated carbocycles. The van der Waals surface area contributed by atoms with Gasteiger partial charge in [-0.1, -0.05) is 12.1 Å². The first-order valence-corrected chi connectivity index (χ1v) is 5.69. The van der Waals surface area contributed by atoms with Gasteiger partial charge in [0.25, 0.3) is 0 Å². The number of benzene rings is 1. The van der Waals surface area contributed by atoms with E-state index in [2.05, 4.69) is 37.9 Å². The van der Waals surface area contributed by atoms with Crippen LogP contribution in [0.2, 0.25) is 0 Å². The number of allylic oxidation sites excluding steroid dienone is 1. The quantitative estimate of drug-likeness (QED) is 0.735. The van der Waals surface area contributed by atoms with Gasteiger partial charge in [0.05, 0.1) is 12.8 Å². The van der Waals surface area contributed by atoms with Crippen LogP contribution in [-0.2, 0) is 0 Å². The van der Waals surface area contributed by atoms with Crippen LogP contribution in [0.4, 0.5) is 5.69 Å². The largest absolute Gasteiger partial charge is 0.495 e. The highest BCUT2D eigenvalue weighted by atomic mass is 16.5. The molecule has 88 valence electrons. The molecule has 0 amide bonds. The van der Waals surface area contributed by atoms with Crippen LogP contribution in [0.1, 0.15) is 25.3 Å². The van der Waals surface area contributed by atoms with Crippen molar-refractivity contribution in [1.29, 1.82) is 0 Å². The number of anilines is 1. The monoisotopic (exact) mass is 219 g/mol. The fraction of sp³-hybridized carbons (Fsp3) is 0.429. The van der Waals surface area contributed by atoms with Gasteiger partial charge in [0.15, 0.2) is 0 Å². The molecule has 0 aliphatic heterocycles. The van der Waals surface area contributed by atoms with Gasteiger partial charge in [-0.15, -0.1) is 6.58 Å². The van der Waals surface area contributed by atoms with E-state index in [-0.39, 0.29) is 0 Å². The van der Waals surface area contributed by atoms with Crippen molar-refractivity contribution in [2.45, 2.75) is 32.7 Å². The molecule has 0 aliphatic rings. The molecule has 1 atom stereocenters. The molecule has 1 aromatic rings. The van der Waals surface area contributed by atoms with Crippen LogP contribution in [0.25, 0.3) is 0 Å². The molecule has 0 aliphatic carbocycles. The van der Waals surface area contributed by atoms with E-state index in [1.807, 2.05) is 12.1 Å². The van der Waals surface area contributed by atoms with Crippen LogP contribution >= 0.6 is 0 Å². The molecule has 1 aromatic carbocycles. The molecular formula is C14H21NO. The van der Waals surface area contributed by atoms with Gasteiger partial charge in [0, 0.05) is 6.04 Å². The van der Waals surface area contributed by atoms with Crippen molar-refractivity contribution < 1.29 is 4.74 Å². The molecule has 2 heteroatoms. The van der Waals surface area contributed by atoms with Crippen molar-refractivity contribution in [3.8, 4) is 5.75 Å². The number of hydrogen-bond acceptors (Lipinski definition) is 2. The van der Waals surface area contributed by atoms with Crippen LogP contribution in [0.3, 0.4) is 0 Å². The second kappa shape index (κ2) is 6.21. The molecular weight excluding hydrogens is 198 g/mol. The number of hydrogen-bond donors (Lipinski definition) is 1. The van der Waals surface area contributed by atoms with Gasteiger partial charge in [0.2, 0.25) is 0 Å². The van der Waals surface area contributed by atoms with Crippen molar-refractivity contribution in [1.82, 2.24) is 0 Å². The van der Waals surface area contributed by atoms with Crippen LogP contribution in [0.5, 0.6) is 5.75 Å². The zero-order chi connectivity index (χ0) is 12.0. The van der Waals surface area contributed by atoms with Crippen LogP contribution in [-0.4, -0.2) is 13.2 Å². The van der Waals surface area contributed by atoms with Crippen molar-refractivity contribution in [2.75, 3.05) is 12.4 Å². The van der Waals surface area contributed by atoms with Gasteiger partial charge in [-0.3, -0.25) is 0 Å². The van der Waals surface area contributed by atoms with Gasteiger partial charge in [-0.2, -0.15) is 0 Å². The summed E-state index contributed by atoms with van der Waals surface area (Å²) in [7, 11) is 1.70. The molecule has 1 unspecified atom stereocenters. The summed E-state index contributed by atoms with van der Waals surface area (Å²) in [5, 5.41) is 3.45. The summed E-state index contributed by atoms with van der Waals surface area (Å²) in [5.74, 6) is 0.908. The van der Waals surface area contributed by atoms with E-state index < -0.39 is 0 Å². The lowest BCUT2D eigenvalue weighted by Crippen LogP contribution is -2.15. The second-order valence-electron chi connectivity index (χ2n) is 4.12. The highest BCUT2D eigenvalue weighted by Gasteiger charge is 2.06. The summed E-state index contributed by atoms with van der Waals surface area (Å²) in [4.78, 5) is 0. The third-order valence-corrected chi connectivity index (χ3v) is 2.56. The Morgan fingerprint density at radius 3 is 2.88 bits per heavy atom. The molecule has 2 nitrogen and oxygen atoms in total. The maximum absolute atomic E-state index is 5.35. The van der Waals surface area contributed by atoms with Crippen molar-refractivity contribution >= 4 is 5.69 Å². The first-order chi connectivity index (χ1) is 7.67. The van der Waals surface area contributed by atoms with Gasteiger partial charge in [0.1, 0.15) is 5.75 Å². The molecule has 0 radical (unpaired) electrons. The maximum Gasteiger partial charge on any atom is 0.142 e. The fourth-order valence-corrected chi connectivity index (χ4v) is 1.62. The molecule has 0 fully saturated rings. The predicted molar refractivity (Wildman–Crippen MR) is 70.2 cm³/mol. The molecule has 1 rings (SSSR count). The van der Waals surface area contributed by atoms with E-state index in [0.29, 0.717) is 6.04 Å². The molecule has 16 heavy (non-hydrogen) atoms. The molecule has 0 bridgehead atoms. The highest BCUT2D eigenvalue weighted by Crippen LogP contribution is 2.26. The summed E-state index contributed by atoms with van der Waals surface area (Å²) in [5.41, 5.74) is 2.27. The van der Waals surface area contributed by atoms with E-state index in [1.54, 1.807) is 7.11 Å². The van der Waals surface area contributed by atoms with E-state index >= 15 is 0 Å². The van der Waals surface area contributed by atoms with E-state index in [9.17, 15) is 0 Å². The standard InChI is InChI=1S/C14H21NO/c1-5-6-7-12(3)15-13-9-8-11(2)10-14(13)16-4/h5,8-10,12,15H,1,6-7H2,2-4H3. The first-order valence-electron chi connectivity index (χ1n) is 5.69. The average Bonchev–Trinajstić information content (AvgIpc) is 2.28. The summed E-state index contributed by atoms with van der Waals surface area (Å²) < 4.78 is 5.35. The normalized spacial score (nSPS) is 11.9. The lowest BCUT2D eigenvalue weighted by Gasteiger charge is -2.17. The minimum atomic E-state index is 0.426. The first kappa shape index (κ1) is 12.6. The Bertz CT molecular complexity index is 347. The van der Waals surface area contributed by atoms with Crippen molar-refractivity contribution in [3.63, 3.8) is 0 Å². The lowest BCUT2D eigenvalue weighted by molar-refractivity contribution is 0.415. The summed E-state index contributed by atoms with van der Waals surface area (Å²) in [6, 6.07) is 6.63. The molecule has 0 heterocycles. The molecule has 0 spiro atoms. The van der Waals surface area contributed by atoms with Gasteiger partial charge in [-0.05, 0) is 44.4 Å². The summed E-state index contributed by atoms with van der Waals surface area (Å²) in [6.45, 7) is 7.96. The van der Waals surface area contributed by atoms with Crippen LogP contribution in [0, 0.1) is 6.92 Å². The zero-order valence-electron chi connectivity index (χ0n) is 10.4. The third kappa shape index (κ3) is 3.61. The minimum absolute atomic E-state index is 0.426. The highest BCUT2D eigenvalue weighted by molar-refractivity contribution is 5.58. The lowest BCUT2D eigenvalue weighted by atomic mass is 10.1. The third-order valence-electron chi connectivity index (χ3n) is 2.56. The van der Waals surface area contributed by atoms with Gasteiger partial charge in [-0.25, -0.2) is 0 Å².